The highest BCUT2D eigenvalue weighted by Gasteiger charge is 1.74. The van der Waals surface area contributed by atoms with E-state index < -0.39 is 0 Å². The predicted molar refractivity (Wildman–Crippen MR) is 34.7 cm³/mol. The molecule has 0 unspecified atom stereocenters. The molecular formula is C5H7BN2O. The summed E-state index contributed by atoms with van der Waals surface area (Å²) in [6.45, 7) is 1.86. The van der Waals surface area contributed by atoms with Crippen LogP contribution in [0.3, 0.4) is 0 Å². The maximum Gasteiger partial charge on any atom is 0.277 e. The van der Waals surface area contributed by atoms with Gasteiger partial charge in [-0.3, -0.25) is 0 Å². The summed E-state index contributed by atoms with van der Waals surface area (Å²) < 4.78 is 0. The Morgan fingerprint density at radius 3 is 2.00 bits per heavy atom. The maximum absolute atomic E-state index is 6.50. The Morgan fingerprint density at radius 1 is 1.33 bits per heavy atom. The molecular weight excluding hydrogens is 115 g/mol. The first-order valence-corrected chi connectivity index (χ1v) is 2.39. The molecule has 3 nitrogen and oxygen atoms in total. The van der Waals surface area contributed by atoms with Gasteiger partial charge >= 0.3 is 0 Å². The second-order valence-corrected chi connectivity index (χ2v) is 1.30. The number of hydrogen-bond acceptors (Lipinski definition) is 3. The minimum absolute atomic E-state index is 0.822. The van der Waals surface area contributed by atoms with Gasteiger partial charge in [0.1, 0.15) is 5.82 Å². The third kappa shape index (κ3) is 3.67. The average molecular weight is 122 g/mol. The monoisotopic (exact) mass is 122 g/mol. The molecule has 0 amide bonds. The molecule has 0 aliphatic rings. The summed E-state index contributed by atoms with van der Waals surface area (Å²) in [4.78, 5) is 7.74. The minimum Gasteiger partial charge on any atom is -0.461 e. The average Bonchev–Trinajstić information content (AvgIpc) is 1.94. The zero-order valence-corrected chi connectivity index (χ0v) is 5.15. The molecule has 9 heavy (non-hydrogen) atoms. The van der Waals surface area contributed by atoms with Crippen LogP contribution in [0.25, 0.3) is 0 Å². The largest absolute Gasteiger partial charge is 0.461 e. The highest BCUT2D eigenvalue weighted by atomic mass is 16.2. The Kier molecular flexibility index (Phi) is 4.72. The smallest absolute Gasteiger partial charge is 0.277 e. The van der Waals surface area contributed by atoms with E-state index in [1.165, 1.54) is 0 Å². The maximum atomic E-state index is 6.50. The van der Waals surface area contributed by atoms with Crippen molar-refractivity contribution >= 4 is 8.05 Å². The standard InChI is InChI=1S/C5H6N2.BHO/c1-5-6-3-2-4-7-5;1-2/h2-4H,1H3;2H. The van der Waals surface area contributed by atoms with Crippen LogP contribution in [0.5, 0.6) is 0 Å². The van der Waals surface area contributed by atoms with Gasteiger partial charge in [0.25, 0.3) is 8.05 Å². The third-order valence-electron chi connectivity index (χ3n) is 0.695. The van der Waals surface area contributed by atoms with Crippen LogP contribution >= 0.6 is 0 Å². The molecule has 0 aliphatic carbocycles. The van der Waals surface area contributed by atoms with E-state index in [1.54, 1.807) is 18.5 Å². The number of aromatic nitrogens is 2. The molecule has 0 atom stereocenters. The van der Waals surface area contributed by atoms with E-state index in [1.807, 2.05) is 6.92 Å². The molecule has 1 rings (SSSR count). The van der Waals surface area contributed by atoms with Crippen molar-refractivity contribution in [2.75, 3.05) is 0 Å². The highest BCUT2D eigenvalue weighted by molar-refractivity contribution is 5.95. The zero-order chi connectivity index (χ0) is 7.11. The van der Waals surface area contributed by atoms with Crippen molar-refractivity contribution in [2.24, 2.45) is 0 Å². The lowest BCUT2D eigenvalue weighted by atomic mass is 10.6. The van der Waals surface area contributed by atoms with Crippen LogP contribution in [0, 0.1) is 6.92 Å². The fourth-order valence-electron chi connectivity index (χ4n) is 0.374. The molecule has 0 spiro atoms. The quantitative estimate of drug-likeness (QED) is 0.486. The minimum atomic E-state index is 0.822. The summed E-state index contributed by atoms with van der Waals surface area (Å²) in [5, 5.41) is 6.50. The number of hydrogen-bond donors (Lipinski definition) is 1. The Bertz CT molecular complexity index is 145. The fourth-order valence-corrected chi connectivity index (χ4v) is 0.374. The topological polar surface area (TPSA) is 46.0 Å². The van der Waals surface area contributed by atoms with E-state index in [9.17, 15) is 0 Å². The van der Waals surface area contributed by atoms with Crippen molar-refractivity contribution in [3.63, 3.8) is 0 Å². The Hall–Kier alpha value is -0.895. The molecule has 0 fully saturated rings. The van der Waals surface area contributed by atoms with Crippen molar-refractivity contribution < 1.29 is 5.02 Å². The Morgan fingerprint density at radius 2 is 1.78 bits per heavy atom. The van der Waals surface area contributed by atoms with Crippen LogP contribution < -0.4 is 0 Å². The SMILES string of the molecule is Cc1ncccn1.[B]O. The molecule has 1 aromatic rings. The van der Waals surface area contributed by atoms with E-state index in [4.69, 9.17) is 5.02 Å². The molecule has 0 bridgehead atoms. The van der Waals surface area contributed by atoms with Crippen LogP contribution in [-0.4, -0.2) is 23.0 Å². The van der Waals surface area contributed by atoms with Crippen molar-refractivity contribution in [3.05, 3.63) is 24.3 Å². The molecule has 1 aromatic heterocycles. The number of aryl methyl sites for hydroxylation is 1. The van der Waals surface area contributed by atoms with E-state index in [2.05, 4.69) is 18.0 Å². The van der Waals surface area contributed by atoms with E-state index in [0.717, 1.165) is 5.82 Å². The number of nitrogens with zero attached hydrogens (tertiary/aromatic N) is 2. The molecule has 46 valence electrons. The van der Waals surface area contributed by atoms with Gasteiger partial charge in [-0.05, 0) is 13.0 Å². The second kappa shape index (κ2) is 5.25. The molecule has 0 aliphatic heterocycles. The molecule has 2 radical (unpaired) electrons. The van der Waals surface area contributed by atoms with Gasteiger partial charge in [0.15, 0.2) is 0 Å². The van der Waals surface area contributed by atoms with Crippen molar-refractivity contribution in [3.8, 4) is 0 Å². The molecule has 0 saturated heterocycles. The Balaban J connectivity index is 0.000000291. The van der Waals surface area contributed by atoms with Gasteiger partial charge in [0.2, 0.25) is 0 Å². The lowest BCUT2D eigenvalue weighted by molar-refractivity contribution is 0.629. The van der Waals surface area contributed by atoms with E-state index >= 15 is 0 Å². The summed E-state index contributed by atoms with van der Waals surface area (Å²) in [7, 11) is 3.50. The van der Waals surface area contributed by atoms with Crippen molar-refractivity contribution in [1.82, 2.24) is 9.97 Å². The molecule has 1 N–H and O–H groups in total. The van der Waals surface area contributed by atoms with Gasteiger partial charge in [0, 0.05) is 12.4 Å². The summed E-state index contributed by atoms with van der Waals surface area (Å²) in [6, 6.07) is 1.80. The first kappa shape index (κ1) is 8.10. The van der Waals surface area contributed by atoms with Crippen LogP contribution in [0.15, 0.2) is 18.5 Å². The predicted octanol–water partition coefficient (Wildman–Crippen LogP) is -0.153. The first-order valence-electron chi connectivity index (χ1n) is 2.39. The highest BCUT2D eigenvalue weighted by Crippen LogP contribution is 1.78. The van der Waals surface area contributed by atoms with Gasteiger partial charge in [0.05, 0.1) is 0 Å². The number of rotatable bonds is 0. The first-order chi connectivity index (χ1) is 4.39. The zero-order valence-electron chi connectivity index (χ0n) is 5.15. The van der Waals surface area contributed by atoms with Crippen LogP contribution in [0.2, 0.25) is 0 Å². The van der Waals surface area contributed by atoms with E-state index in [-0.39, 0.29) is 0 Å². The van der Waals surface area contributed by atoms with Gasteiger partial charge in [-0.15, -0.1) is 0 Å². The van der Waals surface area contributed by atoms with Gasteiger partial charge < -0.3 is 5.02 Å². The van der Waals surface area contributed by atoms with Crippen LogP contribution in [-0.2, 0) is 0 Å². The molecule has 4 heteroatoms. The lowest BCUT2D eigenvalue weighted by Crippen LogP contribution is -1.80. The van der Waals surface area contributed by atoms with Gasteiger partial charge in [-0.1, -0.05) is 0 Å². The Labute approximate surface area is 55.2 Å². The lowest BCUT2D eigenvalue weighted by Gasteiger charge is -1.81. The summed E-state index contributed by atoms with van der Waals surface area (Å²) in [5.41, 5.74) is 0. The summed E-state index contributed by atoms with van der Waals surface area (Å²) >= 11 is 0. The van der Waals surface area contributed by atoms with Gasteiger partial charge in [-0.2, -0.15) is 0 Å². The van der Waals surface area contributed by atoms with Crippen LogP contribution in [0.4, 0.5) is 0 Å². The van der Waals surface area contributed by atoms with Crippen molar-refractivity contribution in [2.45, 2.75) is 6.92 Å². The fraction of sp³-hybridized carbons (Fsp3) is 0.200. The summed E-state index contributed by atoms with van der Waals surface area (Å²) in [5.74, 6) is 0.822. The third-order valence-corrected chi connectivity index (χ3v) is 0.695. The van der Waals surface area contributed by atoms with Gasteiger partial charge in [-0.25, -0.2) is 9.97 Å². The second-order valence-electron chi connectivity index (χ2n) is 1.30. The molecule has 0 saturated carbocycles. The van der Waals surface area contributed by atoms with E-state index in [0.29, 0.717) is 0 Å². The van der Waals surface area contributed by atoms with Crippen molar-refractivity contribution in [1.29, 1.82) is 0 Å². The molecule has 0 aromatic carbocycles. The normalized spacial score (nSPS) is 7.33. The summed E-state index contributed by atoms with van der Waals surface area (Å²) in [6.07, 6.45) is 3.45. The van der Waals surface area contributed by atoms with Crippen LogP contribution in [0.1, 0.15) is 5.82 Å². The molecule has 1 heterocycles.